The van der Waals surface area contributed by atoms with Crippen molar-refractivity contribution in [2.24, 2.45) is 0 Å². The average Bonchev–Trinajstić information content (AvgIpc) is 2.56. The number of anilines is 1. The predicted octanol–water partition coefficient (Wildman–Crippen LogP) is 2.14. The highest BCUT2D eigenvalue weighted by Gasteiger charge is 2.15. The Bertz CT molecular complexity index is 742. The van der Waals surface area contributed by atoms with Gasteiger partial charge in [0.05, 0.1) is 18.0 Å². The van der Waals surface area contributed by atoms with Gasteiger partial charge in [0, 0.05) is 24.5 Å². The van der Waals surface area contributed by atoms with Gasteiger partial charge in [-0.25, -0.2) is 0 Å². The third-order valence-electron chi connectivity index (χ3n) is 2.79. The Balaban J connectivity index is 2.69. The molecule has 0 aliphatic carbocycles. The van der Waals surface area contributed by atoms with Gasteiger partial charge < -0.3 is 15.4 Å². The van der Waals surface area contributed by atoms with Crippen LogP contribution in [0, 0.1) is 21.4 Å². The largest absolute Gasteiger partial charge is 0.466 e. The van der Waals surface area contributed by atoms with E-state index in [0.717, 1.165) is 12.3 Å². The molecule has 2 N–H and O–H groups in total. The number of benzene rings is 1. The summed E-state index contributed by atoms with van der Waals surface area (Å²) in [6.45, 7) is 2.14. The summed E-state index contributed by atoms with van der Waals surface area (Å²) in [4.78, 5) is 33.3. The lowest BCUT2D eigenvalue weighted by Crippen LogP contribution is -2.19. The highest BCUT2D eigenvalue weighted by molar-refractivity contribution is 6.32. The number of hydrogen-bond acceptors (Lipinski definition) is 7. The number of nitro groups is 1. The first-order valence-electron chi connectivity index (χ1n) is 7.13. The summed E-state index contributed by atoms with van der Waals surface area (Å²) < 4.78 is 4.73. The number of nitrogens with one attached hydrogen (secondary N) is 2. The van der Waals surface area contributed by atoms with E-state index in [0.29, 0.717) is 0 Å². The molecule has 0 aliphatic heterocycles. The topological polar surface area (TPSA) is 134 Å². The first-order chi connectivity index (χ1) is 11.9. The van der Waals surface area contributed by atoms with Gasteiger partial charge in [-0.1, -0.05) is 11.6 Å². The summed E-state index contributed by atoms with van der Waals surface area (Å²) >= 11 is 5.68. The quantitative estimate of drug-likeness (QED) is 0.180. The van der Waals surface area contributed by atoms with Gasteiger partial charge in [0.1, 0.15) is 16.7 Å². The molecule has 0 radical (unpaired) electrons. The van der Waals surface area contributed by atoms with E-state index in [1.165, 1.54) is 12.1 Å². The number of halogens is 1. The molecule has 0 saturated carbocycles. The molecule has 9 nitrogen and oxygen atoms in total. The van der Waals surface area contributed by atoms with Crippen LogP contribution in [0.15, 0.2) is 30.0 Å². The number of amides is 1. The van der Waals surface area contributed by atoms with Crippen LogP contribution in [0.25, 0.3) is 0 Å². The zero-order chi connectivity index (χ0) is 18.8. The molecule has 1 aromatic carbocycles. The molecule has 0 atom stereocenters. The maximum Gasteiger partial charge on any atom is 0.307 e. The fraction of sp³-hybridized carbons (Fsp3) is 0.267. The van der Waals surface area contributed by atoms with Crippen molar-refractivity contribution in [2.45, 2.75) is 13.3 Å². The molecule has 1 aromatic rings. The number of hydrogen-bond donors (Lipinski definition) is 2. The van der Waals surface area contributed by atoms with Crippen molar-refractivity contribution >= 4 is 34.9 Å². The Morgan fingerprint density at radius 1 is 1.48 bits per heavy atom. The summed E-state index contributed by atoms with van der Waals surface area (Å²) in [7, 11) is 0. The lowest BCUT2D eigenvalue weighted by atomic mass is 10.2. The van der Waals surface area contributed by atoms with E-state index in [9.17, 15) is 19.7 Å². The maximum atomic E-state index is 12.0. The molecule has 0 fully saturated rings. The summed E-state index contributed by atoms with van der Waals surface area (Å²) in [5, 5.41) is 24.8. The number of nitrogens with zero attached hydrogens (tertiary/aromatic N) is 2. The van der Waals surface area contributed by atoms with E-state index < -0.39 is 16.8 Å². The fourth-order valence-corrected chi connectivity index (χ4v) is 1.85. The first-order valence-corrected chi connectivity index (χ1v) is 7.51. The van der Waals surface area contributed by atoms with E-state index in [1.54, 1.807) is 13.0 Å². The number of carbonyl (C=O) groups is 2. The normalized spacial score (nSPS) is 10.5. The zero-order valence-corrected chi connectivity index (χ0v) is 14.0. The standard InChI is InChI=1S/C15H15ClN4O5/c1-2-25-14(21)5-6-18-9-10(8-17)15(22)19-11-3-4-12(16)13(7-11)20(23)24/h3-4,7,9,18H,2,5-6H2,1H3,(H,19,22)/b10-9-. The van der Waals surface area contributed by atoms with Crippen LogP contribution in [0.3, 0.4) is 0 Å². The van der Waals surface area contributed by atoms with Gasteiger partial charge in [-0.15, -0.1) is 0 Å². The molecular formula is C15H15ClN4O5. The lowest BCUT2D eigenvalue weighted by Gasteiger charge is -2.06. The zero-order valence-electron chi connectivity index (χ0n) is 13.2. The second-order valence-electron chi connectivity index (χ2n) is 4.56. The molecule has 0 heterocycles. The van der Waals surface area contributed by atoms with Crippen LogP contribution in [-0.2, 0) is 14.3 Å². The first kappa shape index (κ1) is 19.9. The van der Waals surface area contributed by atoms with Gasteiger partial charge in [-0.2, -0.15) is 5.26 Å². The van der Waals surface area contributed by atoms with Gasteiger partial charge in [0.25, 0.3) is 11.6 Å². The van der Waals surface area contributed by atoms with Crippen LogP contribution in [0.2, 0.25) is 5.02 Å². The van der Waals surface area contributed by atoms with Crippen LogP contribution in [0.4, 0.5) is 11.4 Å². The van der Waals surface area contributed by atoms with Crippen LogP contribution in [0.5, 0.6) is 0 Å². The smallest absolute Gasteiger partial charge is 0.307 e. The third kappa shape index (κ3) is 6.48. The van der Waals surface area contributed by atoms with Crippen molar-refractivity contribution in [3.63, 3.8) is 0 Å². The van der Waals surface area contributed by atoms with E-state index >= 15 is 0 Å². The molecule has 1 rings (SSSR count). The van der Waals surface area contributed by atoms with Crippen molar-refractivity contribution in [1.82, 2.24) is 5.32 Å². The minimum absolute atomic E-state index is 0.0697. The number of esters is 1. The average molecular weight is 367 g/mol. The molecule has 10 heteroatoms. The van der Waals surface area contributed by atoms with E-state index in [4.69, 9.17) is 21.6 Å². The summed E-state index contributed by atoms with van der Waals surface area (Å²) in [5.74, 6) is -1.16. The third-order valence-corrected chi connectivity index (χ3v) is 3.11. The number of carbonyl (C=O) groups excluding carboxylic acids is 2. The molecule has 0 spiro atoms. The Morgan fingerprint density at radius 3 is 2.80 bits per heavy atom. The monoisotopic (exact) mass is 366 g/mol. The van der Waals surface area contributed by atoms with Crippen LogP contribution >= 0.6 is 11.6 Å². The SMILES string of the molecule is CCOC(=O)CCN/C=C(/C#N)C(=O)Nc1ccc(Cl)c([N+](=O)[O-])c1. The van der Waals surface area contributed by atoms with Gasteiger partial charge in [-0.05, 0) is 19.1 Å². The molecule has 132 valence electrons. The molecular weight excluding hydrogens is 352 g/mol. The van der Waals surface area contributed by atoms with Crippen molar-refractivity contribution < 1.29 is 19.2 Å². The highest BCUT2D eigenvalue weighted by Crippen LogP contribution is 2.27. The Kier molecular flexibility index (Phi) is 7.89. The van der Waals surface area contributed by atoms with Crippen LogP contribution in [0.1, 0.15) is 13.3 Å². The van der Waals surface area contributed by atoms with Crippen molar-refractivity contribution in [1.29, 1.82) is 5.26 Å². The highest BCUT2D eigenvalue weighted by atomic mass is 35.5. The lowest BCUT2D eigenvalue weighted by molar-refractivity contribution is -0.384. The van der Waals surface area contributed by atoms with Crippen molar-refractivity contribution in [3.05, 3.63) is 45.1 Å². The van der Waals surface area contributed by atoms with Crippen LogP contribution < -0.4 is 10.6 Å². The second kappa shape index (κ2) is 9.89. The van der Waals surface area contributed by atoms with E-state index in [1.807, 2.05) is 0 Å². The van der Waals surface area contributed by atoms with Gasteiger partial charge in [-0.3, -0.25) is 19.7 Å². The molecule has 0 bridgehead atoms. The number of nitro benzene ring substituents is 1. The Labute approximate surface area is 148 Å². The predicted molar refractivity (Wildman–Crippen MR) is 89.7 cm³/mol. The van der Waals surface area contributed by atoms with Gasteiger partial charge in [0.2, 0.25) is 0 Å². The fourth-order valence-electron chi connectivity index (χ4n) is 1.66. The molecule has 25 heavy (non-hydrogen) atoms. The molecule has 0 aromatic heterocycles. The van der Waals surface area contributed by atoms with Crippen molar-refractivity contribution in [3.8, 4) is 6.07 Å². The number of nitriles is 1. The van der Waals surface area contributed by atoms with Gasteiger partial charge in [0.15, 0.2) is 0 Å². The van der Waals surface area contributed by atoms with E-state index in [2.05, 4.69) is 10.6 Å². The summed E-state index contributed by atoms with van der Waals surface area (Å²) in [6.07, 6.45) is 1.23. The van der Waals surface area contributed by atoms with E-state index in [-0.39, 0.29) is 41.5 Å². The molecule has 0 saturated heterocycles. The van der Waals surface area contributed by atoms with Gasteiger partial charge >= 0.3 is 5.97 Å². The minimum atomic E-state index is -0.761. The second-order valence-corrected chi connectivity index (χ2v) is 4.96. The minimum Gasteiger partial charge on any atom is -0.466 e. The van der Waals surface area contributed by atoms with Crippen molar-refractivity contribution in [2.75, 3.05) is 18.5 Å². The molecule has 0 unspecified atom stereocenters. The number of ether oxygens (including phenoxy) is 1. The van der Waals surface area contributed by atoms with Crippen LogP contribution in [-0.4, -0.2) is 30.0 Å². The molecule has 1 amide bonds. The number of rotatable bonds is 8. The summed E-state index contributed by atoms with van der Waals surface area (Å²) in [5.41, 5.74) is -0.509. The maximum absolute atomic E-state index is 12.0. The Morgan fingerprint density at radius 2 is 2.20 bits per heavy atom. The molecule has 0 aliphatic rings. The summed E-state index contributed by atoms with van der Waals surface area (Å²) in [6, 6.07) is 5.42. The Hall–Kier alpha value is -3.12.